The van der Waals surface area contributed by atoms with Crippen LogP contribution in [0.15, 0.2) is 36.5 Å². The lowest BCUT2D eigenvalue weighted by Gasteiger charge is -2.17. The molecule has 1 heterocycles. The number of halogens is 3. The van der Waals surface area contributed by atoms with Crippen LogP contribution in [-0.2, 0) is 6.42 Å². The summed E-state index contributed by atoms with van der Waals surface area (Å²) >= 11 is 12.2. The molecule has 0 aliphatic carbocycles. The number of pyridine rings is 1. The fourth-order valence-electron chi connectivity index (χ4n) is 1.91. The van der Waals surface area contributed by atoms with Crippen molar-refractivity contribution in [2.24, 2.45) is 0 Å². The van der Waals surface area contributed by atoms with Crippen LogP contribution in [0.25, 0.3) is 0 Å². The van der Waals surface area contributed by atoms with Gasteiger partial charge in [0, 0.05) is 11.2 Å². The first-order valence-electron chi connectivity index (χ1n) is 5.83. The van der Waals surface area contributed by atoms with E-state index in [9.17, 15) is 4.39 Å². The molecule has 0 fully saturated rings. The first kappa shape index (κ1) is 14.3. The second kappa shape index (κ2) is 6.33. The van der Waals surface area contributed by atoms with E-state index in [0.717, 1.165) is 11.3 Å². The molecular weight excluding hydrogens is 286 g/mol. The zero-order chi connectivity index (χ0) is 13.8. The van der Waals surface area contributed by atoms with Crippen molar-refractivity contribution < 1.29 is 4.39 Å². The minimum Gasteiger partial charge on any atom is -0.311 e. The first-order valence-corrected chi connectivity index (χ1v) is 6.59. The molecule has 1 aromatic heterocycles. The van der Waals surface area contributed by atoms with Crippen molar-refractivity contribution in [3.63, 3.8) is 0 Å². The fourth-order valence-corrected chi connectivity index (χ4v) is 2.36. The van der Waals surface area contributed by atoms with Crippen LogP contribution in [0.5, 0.6) is 0 Å². The highest BCUT2D eigenvalue weighted by atomic mass is 35.5. The average Bonchev–Trinajstić information content (AvgIpc) is 2.41. The third kappa shape index (κ3) is 3.44. The topological polar surface area (TPSA) is 24.9 Å². The number of likely N-dealkylation sites (N-methyl/N-ethyl adjacent to an activating group) is 1. The van der Waals surface area contributed by atoms with Crippen LogP contribution < -0.4 is 5.32 Å². The van der Waals surface area contributed by atoms with E-state index in [1.54, 1.807) is 24.4 Å². The quantitative estimate of drug-likeness (QED) is 0.922. The van der Waals surface area contributed by atoms with Crippen molar-refractivity contribution in [1.82, 2.24) is 10.3 Å². The maximum absolute atomic E-state index is 13.3. The maximum Gasteiger partial charge on any atom is 0.123 e. The molecule has 0 aliphatic heterocycles. The van der Waals surface area contributed by atoms with Crippen molar-refractivity contribution in [3.8, 4) is 0 Å². The third-order valence-electron chi connectivity index (χ3n) is 2.90. The van der Waals surface area contributed by atoms with E-state index >= 15 is 0 Å². The van der Waals surface area contributed by atoms with E-state index in [4.69, 9.17) is 23.2 Å². The highest BCUT2D eigenvalue weighted by Crippen LogP contribution is 2.26. The summed E-state index contributed by atoms with van der Waals surface area (Å²) < 4.78 is 13.3. The SMILES string of the molecule is CNC(Cc1cc(F)ccc1Cl)c1ncccc1Cl. The van der Waals surface area contributed by atoms with Gasteiger partial charge >= 0.3 is 0 Å². The van der Waals surface area contributed by atoms with Crippen LogP contribution in [0, 0.1) is 5.82 Å². The minimum atomic E-state index is -0.304. The van der Waals surface area contributed by atoms with Crippen molar-refractivity contribution in [2.75, 3.05) is 7.05 Å². The van der Waals surface area contributed by atoms with Crippen LogP contribution in [0.1, 0.15) is 17.3 Å². The van der Waals surface area contributed by atoms with Crippen molar-refractivity contribution in [3.05, 3.63) is 63.6 Å². The lowest BCUT2D eigenvalue weighted by atomic mass is 10.0. The number of hydrogen-bond acceptors (Lipinski definition) is 2. The zero-order valence-corrected chi connectivity index (χ0v) is 11.8. The summed E-state index contributed by atoms with van der Waals surface area (Å²) in [6, 6.07) is 7.76. The van der Waals surface area contributed by atoms with Crippen LogP contribution in [-0.4, -0.2) is 12.0 Å². The van der Waals surface area contributed by atoms with Crippen molar-refractivity contribution >= 4 is 23.2 Å². The highest BCUT2D eigenvalue weighted by molar-refractivity contribution is 6.31. The summed E-state index contributed by atoms with van der Waals surface area (Å²) in [6.45, 7) is 0. The molecule has 0 spiro atoms. The molecule has 0 bridgehead atoms. The van der Waals surface area contributed by atoms with Gasteiger partial charge in [-0.15, -0.1) is 0 Å². The monoisotopic (exact) mass is 298 g/mol. The average molecular weight is 299 g/mol. The normalized spacial score (nSPS) is 12.4. The Balaban J connectivity index is 2.29. The third-order valence-corrected chi connectivity index (χ3v) is 3.59. The molecular formula is C14H13Cl2FN2. The molecule has 0 radical (unpaired) electrons. The summed E-state index contributed by atoms with van der Waals surface area (Å²) in [5.74, 6) is -0.304. The summed E-state index contributed by atoms with van der Waals surface area (Å²) in [7, 11) is 1.81. The Hall–Kier alpha value is -1.16. The Kier molecular flexibility index (Phi) is 4.75. The molecule has 0 saturated heterocycles. The second-order valence-electron chi connectivity index (χ2n) is 4.15. The largest absolute Gasteiger partial charge is 0.311 e. The van der Waals surface area contributed by atoms with E-state index in [1.807, 2.05) is 7.05 Å². The standard InChI is InChI=1S/C14H13Cl2FN2/c1-18-13(14-12(16)3-2-6-19-14)8-9-7-10(17)4-5-11(9)15/h2-7,13,18H,8H2,1H3. The predicted molar refractivity (Wildman–Crippen MR) is 76.2 cm³/mol. The van der Waals surface area contributed by atoms with Gasteiger partial charge in [0.2, 0.25) is 0 Å². The molecule has 0 aliphatic rings. The van der Waals surface area contributed by atoms with E-state index in [1.165, 1.54) is 12.1 Å². The number of aromatic nitrogens is 1. The number of nitrogens with zero attached hydrogens (tertiary/aromatic N) is 1. The molecule has 1 unspecified atom stereocenters. The Morgan fingerprint density at radius 1 is 1.26 bits per heavy atom. The Labute approximate surface area is 121 Å². The predicted octanol–water partition coefficient (Wildman–Crippen LogP) is 4.03. The summed E-state index contributed by atoms with van der Waals surface area (Å²) in [5, 5.41) is 4.24. The number of rotatable bonds is 4. The molecule has 0 saturated carbocycles. The molecule has 0 amide bonds. The van der Waals surface area contributed by atoms with E-state index in [0.29, 0.717) is 16.5 Å². The minimum absolute atomic E-state index is 0.118. The Bertz CT molecular complexity index is 575. The molecule has 2 nitrogen and oxygen atoms in total. The lowest BCUT2D eigenvalue weighted by Crippen LogP contribution is -2.20. The van der Waals surface area contributed by atoms with Gasteiger partial charge in [0.05, 0.1) is 16.8 Å². The highest BCUT2D eigenvalue weighted by Gasteiger charge is 2.16. The lowest BCUT2D eigenvalue weighted by molar-refractivity contribution is 0.571. The van der Waals surface area contributed by atoms with Gasteiger partial charge in [0.15, 0.2) is 0 Å². The molecule has 2 aromatic rings. The van der Waals surface area contributed by atoms with Gasteiger partial charge in [0.1, 0.15) is 5.82 Å². The molecule has 1 N–H and O–H groups in total. The van der Waals surface area contributed by atoms with Gasteiger partial charge in [0.25, 0.3) is 0 Å². The van der Waals surface area contributed by atoms with E-state index in [-0.39, 0.29) is 11.9 Å². The van der Waals surface area contributed by atoms with Crippen LogP contribution >= 0.6 is 23.2 Å². The summed E-state index contributed by atoms with van der Waals surface area (Å²) in [4.78, 5) is 4.27. The van der Waals surface area contributed by atoms with Gasteiger partial charge in [-0.1, -0.05) is 23.2 Å². The molecule has 1 aromatic carbocycles. The van der Waals surface area contributed by atoms with Crippen molar-refractivity contribution in [2.45, 2.75) is 12.5 Å². The first-order chi connectivity index (χ1) is 9.11. The van der Waals surface area contributed by atoms with E-state index in [2.05, 4.69) is 10.3 Å². The fraction of sp³-hybridized carbons (Fsp3) is 0.214. The summed E-state index contributed by atoms with van der Waals surface area (Å²) in [5.41, 5.74) is 1.45. The zero-order valence-electron chi connectivity index (χ0n) is 10.3. The van der Waals surface area contributed by atoms with Gasteiger partial charge in [-0.25, -0.2) is 4.39 Å². The number of hydrogen-bond donors (Lipinski definition) is 1. The molecule has 100 valence electrons. The molecule has 2 rings (SSSR count). The smallest absolute Gasteiger partial charge is 0.123 e. The van der Waals surface area contributed by atoms with Gasteiger partial charge < -0.3 is 5.32 Å². The molecule has 1 atom stereocenters. The molecule has 5 heteroatoms. The van der Waals surface area contributed by atoms with Crippen LogP contribution in [0.3, 0.4) is 0 Å². The van der Waals surface area contributed by atoms with Crippen LogP contribution in [0.4, 0.5) is 4.39 Å². The maximum atomic E-state index is 13.3. The number of benzene rings is 1. The Morgan fingerprint density at radius 3 is 2.74 bits per heavy atom. The van der Waals surface area contributed by atoms with Gasteiger partial charge in [-0.3, -0.25) is 4.98 Å². The van der Waals surface area contributed by atoms with Gasteiger partial charge in [-0.2, -0.15) is 0 Å². The summed E-state index contributed by atoms with van der Waals surface area (Å²) in [6.07, 6.45) is 2.20. The van der Waals surface area contributed by atoms with Crippen LogP contribution in [0.2, 0.25) is 10.0 Å². The van der Waals surface area contributed by atoms with E-state index < -0.39 is 0 Å². The second-order valence-corrected chi connectivity index (χ2v) is 4.97. The van der Waals surface area contributed by atoms with Gasteiger partial charge in [-0.05, 0) is 49.4 Å². The Morgan fingerprint density at radius 2 is 2.05 bits per heavy atom. The molecule has 19 heavy (non-hydrogen) atoms. The van der Waals surface area contributed by atoms with Crippen molar-refractivity contribution in [1.29, 1.82) is 0 Å². The number of nitrogens with one attached hydrogen (secondary N) is 1.